The average molecular weight is 360 g/mol. The Morgan fingerprint density at radius 1 is 1.23 bits per heavy atom. The van der Waals surface area contributed by atoms with Crippen molar-refractivity contribution in [3.63, 3.8) is 0 Å². The average Bonchev–Trinajstić information content (AvgIpc) is 3.22. The van der Waals surface area contributed by atoms with Gasteiger partial charge in [0.25, 0.3) is 5.92 Å². The molecule has 26 heavy (non-hydrogen) atoms. The van der Waals surface area contributed by atoms with E-state index in [0.29, 0.717) is 0 Å². The second-order valence-electron chi connectivity index (χ2n) is 7.38. The van der Waals surface area contributed by atoms with Crippen LogP contribution in [0.25, 0.3) is 10.8 Å². The quantitative estimate of drug-likeness (QED) is 0.874. The number of fused-ring (bicyclic) bond motifs is 1. The van der Waals surface area contributed by atoms with E-state index in [9.17, 15) is 13.6 Å². The largest absolute Gasteiger partial charge is 0.490 e. The Labute approximate surface area is 150 Å². The molecular formula is C20H22F2N2O2. The van der Waals surface area contributed by atoms with Crippen molar-refractivity contribution in [2.45, 2.75) is 56.6 Å². The van der Waals surface area contributed by atoms with E-state index in [2.05, 4.69) is 10.3 Å². The standard InChI is InChI=1S/C20H22F2N2O2/c21-20(22)11-14(20)10-19(25)24-15-4-6-16(7-5-15)26-18-3-1-2-13-12-23-9-8-17(13)18/h1-3,8-9,12,14-16H,4-7,10-11H2,(H,24,25). The van der Waals surface area contributed by atoms with Crippen molar-refractivity contribution in [2.24, 2.45) is 5.92 Å². The highest BCUT2D eigenvalue weighted by Gasteiger charge is 2.57. The third-order valence-corrected chi connectivity index (χ3v) is 5.36. The monoisotopic (exact) mass is 360 g/mol. The molecule has 1 N–H and O–H groups in total. The molecule has 0 saturated heterocycles. The number of hydrogen-bond donors (Lipinski definition) is 1. The SMILES string of the molecule is O=C(CC1CC1(F)F)NC1CCC(Oc2cccc3cnccc23)CC1. The van der Waals surface area contributed by atoms with Crippen molar-refractivity contribution < 1.29 is 18.3 Å². The molecule has 6 heteroatoms. The van der Waals surface area contributed by atoms with Gasteiger partial charge in [0.1, 0.15) is 5.75 Å². The highest BCUT2D eigenvalue weighted by Crippen LogP contribution is 2.50. The number of carbonyl (C=O) groups is 1. The van der Waals surface area contributed by atoms with Crippen molar-refractivity contribution in [2.75, 3.05) is 0 Å². The summed E-state index contributed by atoms with van der Waals surface area (Å²) in [6.07, 6.45) is 6.76. The molecule has 1 aromatic carbocycles. The van der Waals surface area contributed by atoms with Gasteiger partial charge in [0, 0.05) is 48.0 Å². The number of nitrogens with zero attached hydrogens (tertiary/aromatic N) is 1. The van der Waals surface area contributed by atoms with Crippen LogP contribution in [0.3, 0.4) is 0 Å². The van der Waals surface area contributed by atoms with Gasteiger partial charge in [0.15, 0.2) is 0 Å². The summed E-state index contributed by atoms with van der Waals surface area (Å²) in [5.74, 6) is -2.79. The van der Waals surface area contributed by atoms with E-state index < -0.39 is 11.8 Å². The fraction of sp³-hybridized carbons (Fsp3) is 0.500. The van der Waals surface area contributed by atoms with E-state index in [4.69, 9.17) is 4.74 Å². The second kappa shape index (κ2) is 6.82. The minimum absolute atomic E-state index is 0.0615. The summed E-state index contributed by atoms with van der Waals surface area (Å²) >= 11 is 0. The van der Waals surface area contributed by atoms with Crippen LogP contribution in [-0.4, -0.2) is 29.0 Å². The minimum Gasteiger partial charge on any atom is -0.490 e. The molecule has 0 aliphatic heterocycles. The van der Waals surface area contributed by atoms with Crippen LogP contribution in [0.15, 0.2) is 36.7 Å². The molecule has 1 aromatic heterocycles. The number of nitrogens with one attached hydrogen (secondary N) is 1. The van der Waals surface area contributed by atoms with Gasteiger partial charge in [-0.2, -0.15) is 0 Å². The maximum Gasteiger partial charge on any atom is 0.252 e. The normalized spacial score (nSPS) is 27.1. The number of ether oxygens (including phenoxy) is 1. The first-order valence-electron chi connectivity index (χ1n) is 9.18. The minimum atomic E-state index is -2.63. The van der Waals surface area contributed by atoms with Gasteiger partial charge in [-0.3, -0.25) is 9.78 Å². The Balaban J connectivity index is 1.28. The molecule has 1 heterocycles. The van der Waals surface area contributed by atoms with Gasteiger partial charge < -0.3 is 10.1 Å². The lowest BCUT2D eigenvalue weighted by Crippen LogP contribution is -2.40. The van der Waals surface area contributed by atoms with Crippen LogP contribution in [0.4, 0.5) is 8.78 Å². The number of amides is 1. The Kier molecular flexibility index (Phi) is 4.51. The lowest BCUT2D eigenvalue weighted by Gasteiger charge is -2.30. The molecule has 1 amide bonds. The fourth-order valence-corrected chi connectivity index (χ4v) is 3.70. The fourth-order valence-electron chi connectivity index (χ4n) is 3.70. The first kappa shape index (κ1) is 17.2. The number of alkyl halides is 2. The molecule has 2 fully saturated rings. The molecule has 4 nitrogen and oxygen atoms in total. The molecule has 4 rings (SSSR count). The van der Waals surface area contributed by atoms with Gasteiger partial charge in [-0.1, -0.05) is 12.1 Å². The van der Waals surface area contributed by atoms with Crippen molar-refractivity contribution >= 4 is 16.7 Å². The summed E-state index contributed by atoms with van der Waals surface area (Å²) in [6, 6.07) is 7.94. The van der Waals surface area contributed by atoms with Gasteiger partial charge >= 0.3 is 0 Å². The Morgan fingerprint density at radius 2 is 2.00 bits per heavy atom. The molecule has 2 aliphatic rings. The van der Waals surface area contributed by atoms with Crippen LogP contribution in [0.5, 0.6) is 5.75 Å². The van der Waals surface area contributed by atoms with Gasteiger partial charge in [-0.15, -0.1) is 0 Å². The van der Waals surface area contributed by atoms with Gasteiger partial charge in [0.2, 0.25) is 5.91 Å². The van der Waals surface area contributed by atoms with Crippen LogP contribution < -0.4 is 10.1 Å². The highest BCUT2D eigenvalue weighted by molar-refractivity contribution is 5.87. The number of carbonyl (C=O) groups excluding carboxylic acids is 1. The molecule has 138 valence electrons. The number of halogens is 2. The molecule has 0 radical (unpaired) electrons. The number of pyridine rings is 1. The predicted molar refractivity (Wildman–Crippen MR) is 94.2 cm³/mol. The number of aromatic nitrogens is 1. The lowest BCUT2D eigenvalue weighted by atomic mass is 9.92. The van der Waals surface area contributed by atoms with E-state index >= 15 is 0 Å². The molecule has 1 unspecified atom stereocenters. The van der Waals surface area contributed by atoms with Crippen LogP contribution >= 0.6 is 0 Å². The van der Waals surface area contributed by atoms with Crippen molar-refractivity contribution in [1.29, 1.82) is 0 Å². The van der Waals surface area contributed by atoms with Gasteiger partial charge in [-0.05, 0) is 37.8 Å². The molecule has 2 saturated carbocycles. The van der Waals surface area contributed by atoms with E-state index in [-0.39, 0.29) is 30.9 Å². The maximum atomic E-state index is 12.9. The smallest absolute Gasteiger partial charge is 0.252 e. The molecule has 2 aliphatic carbocycles. The second-order valence-corrected chi connectivity index (χ2v) is 7.38. The van der Waals surface area contributed by atoms with Gasteiger partial charge in [-0.25, -0.2) is 8.78 Å². The third-order valence-electron chi connectivity index (χ3n) is 5.36. The number of rotatable bonds is 5. The topological polar surface area (TPSA) is 51.2 Å². The first-order valence-corrected chi connectivity index (χ1v) is 9.18. The van der Waals surface area contributed by atoms with E-state index in [1.165, 1.54) is 0 Å². The van der Waals surface area contributed by atoms with Crippen LogP contribution in [0, 0.1) is 5.92 Å². The molecule has 0 bridgehead atoms. The first-order chi connectivity index (χ1) is 12.5. The zero-order valence-electron chi connectivity index (χ0n) is 14.5. The summed E-state index contributed by atoms with van der Waals surface area (Å²) in [6.45, 7) is 0. The lowest BCUT2D eigenvalue weighted by molar-refractivity contribution is -0.123. The van der Waals surface area contributed by atoms with Crippen molar-refractivity contribution in [3.8, 4) is 5.75 Å². The van der Waals surface area contributed by atoms with E-state index in [1.807, 2.05) is 30.5 Å². The third kappa shape index (κ3) is 3.79. The Hall–Kier alpha value is -2.24. The number of benzene rings is 1. The molecule has 1 atom stereocenters. The predicted octanol–water partition coefficient (Wildman–Crippen LogP) is 4.09. The van der Waals surface area contributed by atoms with Gasteiger partial charge in [0.05, 0.1) is 6.10 Å². The summed E-state index contributed by atoms with van der Waals surface area (Å²) in [5.41, 5.74) is 0. The summed E-state index contributed by atoms with van der Waals surface area (Å²) in [7, 11) is 0. The van der Waals surface area contributed by atoms with E-state index in [1.54, 1.807) is 6.20 Å². The number of hydrogen-bond acceptors (Lipinski definition) is 3. The van der Waals surface area contributed by atoms with E-state index in [0.717, 1.165) is 42.2 Å². The van der Waals surface area contributed by atoms with Crippen LogP contribution in [0.1, 0.15) is 38.5 Å². The molecule has 2 aromatic rings. The van der Waals surface area contributed by atoms with Crippen molar-refractivity contribution in [1.82, 2.24) is 10.3 Å². The maximum absolute atomic E-state index is 12.9. The van der Waals surface area contributed by atoms with Crippen molar-refractivity contribution in [3.05, 3.63) is 36.7 Å². The summed E-state index contributed by atoms with van der Waals surface area (Å²) in [4.78, 5) is 16.0. The van der Waals surface area contributed by atoms with Crippen LogP contribution in [-0.2, 0) is 4.79 Å². The molecule has 0 spiro atoms. The molecular weight excluding hydrogens is 338 g/mol. The zero-order valence-corrected chi connectivity index (χ0v) is 14.5. The zero-order chi connectivity index (χ0) is 18.1. The highest BCUT2D eigenvalue weighted by atomic mass is 19.3. The summed E-state index contributed by atoms with van der Waals surface area (Å²) < 4.78 is 32.0. The summed E-state index contributed by atoms with van der Waals surface area (Å²) in [5, 5.41) is 4.99. The van der Waals surface area contributed by atoms with Crippen LogP contribution in [0.2, 0.25) is 0 Å². The Morgan fingerprint density at radius 3 is 2.73 bits per heavy atom. The Bertz CT molecular complexity index is 798.